The summed E-state index contributed by atoms with van der Waals surface area (Å²) in [5.74, 6) is 0. The average molecular weight is 359 g/mol. The van der Waals surface area contributed by atoms with Gasteiger partial charge in [-0.25, -0.2) is 12.1 Å². The summed E-state index contributed by atoms with van der Waals surface area (Å²) >= 11 is 5.72. The monoisotopic (exact) mass is 357 g/mol. The lowest BCUT2D eigenvalue weighted by Crippen LogP contribution is -2.32. The van der Waals surface area contributed by atoms with Crippen LogP contribution in [-0.4, -0.2) is 20.9 Å². The largest absolute Gasteiger partial charge is 0.241 e. The molecule has 0 heterocycles. The number of rotatable bonds is 3. The summed E-state index contributed by atoms with van der Waals surface area (Å²) in [7, 11) is 14.3. The van der Waals surface area contributed by atoms with E-state index >= 15 is 0 Å². The first kappa shape index (κ1) is 15.5. The average Bonchev–Trinajstić information content (AvgIpc) is 2.02. The Morgan fingerprint density at radius 2 is 1.53 bits per heavy atom. The maximum Gasteiger partial charge on any atom is 0.241 e. The first-order chi connectivity index (χ1) is 7.38. The molecule has 0 amide bonds. The Bertz CT molecular complexity index is 511. The molecule has 3 nitrogen and oxygen atoms in total. The van der Waals surface area contributed by atoms with Crippen LogP contribution < -0.4 is 3.71 Å². The highest BCUT2D eigenvalue weighted by molar-refractivity contribution is 8.93. The lowest BCUT2D eigenvalue weighted by molar-refractivity contribution is 0.604. The maximum atomic E-state index is 11.7. The van der Waals surface area contributed by atoms with E-state index in [-0.39, 0.29) is 5.69 Å². The molecular formula is C8H11Cl4NO2S2. The van der Waals surface area contributed by atoms with Crippen LogP contribution in [0.15, 0.2) is 24.3 Å². The topological polar surface area (TPSA) is 37.4 Å². The molecule has 0 saturated heterocycles. The molecule has 0 N–H and O–H groups in total. The Labute approximate surface area is 120 Å². The maximum absolute atomic E-state index is 11.7. The van der Waals surface area contributed by atoms with E-state index in [0.717, 1.165) is 9.97 Å². The van der Waals surface area contributed by atoms with E-state index in [2.05, 4.69) is 0 Å². The molecule has 17 heavy (non-hydrogen) atoms. The molecule has 0 radical (unpaired) electrons. The minimum absolute atomic E-state index is 0.275. The van der Waals surface area contributed by atoms with Crippen molar-refractivity contribution in [2.24, 2.45) is 0 Å². The zero-order chi connectivity index (χ0) is 13.5. The number of halogens is 4. The third-order valence-corrected chi connectivity index (χ3v) is 8.13. The highest BCUT2D eigenvalue weighted by atomic mass is 36.2. The van der Waals surface area contributed by atoms with Gasteiger partial charge in [0.15, 0.2) is 0 Å². The smallest absolute Gasteiger partial charge is 0.214 e. The molecule has 0 aromatic heterocycles. The number of thiol groups is 1. The summed E-state index contributed by atoms with van der Waals surface area (Å²) in [5.41, 5.74) is 0.275. The number of anilines is 1. The molecule has 1 aromatic rings. The van der Waals surface area contributed by atoms with E-state index in [1.165, 1.54) is 30.5 Å². The molecule has 0 aliphatic heterocycles. The van der Waals surface area contributed by atoms with Crippen molar-refractivity contribution in [2.45, 2.75) is 0 Å². The van der Waals surface area contributed by atoms with Crippen molar-refractivity contribution in [2.75, 3.05) is 16.2 Å². The van der Waals surface area contributed by atoms with Crippen LogP contribution in [0.25, 0.3) is 0 Å². The van der Waals surface area contributed by atoms with E-state index in [1.807, 2.05) is 0 Å². The normalized spacial score (nSPS) is 15.1. The number of benzene rings is 1. The van der Waals surface area contributed by atoms with Gasteiger partial charge < -0.3 is 0 Å². The van der Waals surface area contributed by atoms with Crippen LogP contribution in [0.5, 0.6) is 0 Å². The molecule has 1 rings (SSSR count). The van der Waals surface area contributed by atoms with Gasteiger partial charge in [0.1, 0.15) is 0 Å². The summed E-state index contributed by atoms with van der Waals surface area (Å²) in [6, 6.07) is 6.03. The highest BCUT2D eigenvalue weighted by Gasteiger charge is 2.40. The number of hydrogen-bond acceptors (Lipinski definition) is 2. The van der Waals surface area contributed by atoms with Crippen molar-refractivity contribution < 1.29 is 8.42 Å². The third-order valence-electron chi connectivity index (χ3n) is 1.75. The molecule has 9 heteroatoms. The van der Waals surface area contributed by atoms with Gasteiger partial charge in [0.2, 0.25) is 10.0 Å². The fraction of sp³-hybridized carbons (Fsp3) is 0.250. The highest BCUT2D eigenvalue weighted by Crippen LogP contribution is 2.83. The van der Waals surface area contributed by atoms with Crippen molar-refractivity contribution in [1.82, 2.24) is 0 Å². The minimum atomic E-state index is -4.03. The van der Waals surface area contributed by atoms with Crippen molar-refractivity contribution in [3.05, 3.63) is 29.3 Å². The fourth-order valence-electron chi connectivity index (χ4n) is 1.32. The van der Waals surface area contributed by atoms with Crippen molar-refractivity contribution >= 4 is 66.3 Å². The Morgan fingerprint density at radius 3 is 1.82 bits per heavy atom. The lowest BCUT2D eigenvalue weighted by Gasteiger charge is -2.49. The second-order valence-corrected chi connectivity index (χ2v) is 17.8. The quantitative estimate of drug-likeness (QED) is 0.822. The van der Waals surface area contributed by atoms with Crippen molar-refractivity contribution in [3.63, 3.8) is 0 Å². The second-order valence-electron chi connectivity index (χ2n) is 3.61. The third kappa shape index (κ3) is 4.26. The van der Waals surface area contributed by atoms with E-state index in [4.69, 9.17) is 43.6 Å². The van der Waals surface area contributed by atoms with Gasteiger partial charge in [-0.05, 0) is 63.3 Å². The molecule has 0 aliphatic carbocycles. The predicted octanol–water partition coefficient (Wildman–Crippen LogP) is 4.18. The van der Waals surface area contributed by atoms with Crippen LogP contribution >= 0.6 is 50.6 Å². The predicted molar refractivity (Wildman–Crippen MR) is 81.2 cm³/mol. The number of sulfonamides is 1. The van der Waals surface area contributed by atoms with E-state index in [9.17, 15) is 8.42 Å². The van der Waals surface area contributed by atoms with Gasteiger partial charge >= 0.3 is 0 Å². The molecule has 0 aliphatic rings. The molecule has 1 aromatic carbocycles. The van der Waals surface area contributed by atoms with Gasteiger partial charge in [0.25, 0.3) is 0 Å². The zero-order valence-electron chi connectivity index (χ0n) is 8.94. The van der Waals surface area contributed by atoms with Gasteiger partial charge in [-0.15, -0.1) is 0 Å². The van der Waals surface area contributed by atoms with Crippen molar-refractivity contribution in [1.29, 1.82) is 0 Å². The van der Waals surface area contributed by atoms with Crippen LogP contribution in [0.3, 0.4) is 0 Å². The Kier molecular flexibility index (Phi) is 4.15. The summed E-state index contributed by atoms with van der Waals surface area (Å²) in [6.07, 6.45) is 2.28. The molecule has 0 atom stereocenters. The van der Waals surface area contributed by atoms with Crippen molar-refractivity contribution in [3.8, 4) is 0 Å². The van der Waals surface area contributed by atoms with Crippen LogP contribution in [0.1, 0.15) is 0 Å². The summed E-state index contributed by atoms with van der Waals surface area (Å²) in [4.78, 5) is 0. The molecule has 0 saturated carbocycles. The molecule has 0 spiro atoms. The van der Waals surface area contributed by atoms with E-state index in [0.29, 0.717) is 5.02 Å². The number of nitrogens with zero attached hydrogens (tertiary/aromatic N) is 1. The number of hydrogen-bond donors (Lipinski definition) is 1. The van der Waals surface area contributed by atoms with E-state index < -0.39 is 17.0 Å². The van der Waals surface area contributed by atoms with Gasteiger partial charge in [0, 0.05) is 11.3 Å². The Hall–Kier alpha value is 0.480. The van der Waals surface area contributed by atoms with Gasteiger partial charge in [-0.3, -0.25) is 0 Å². The van der Waals surface area contributed by atoms with Gasteiger partial charge in [0.05, 0.1) is 11.9 Å². The standard InChI is InChI=1S/C8H11Cl4NO2S2/c1-16(14,15)13(17(2,10,11)12)8-5-3-7(9)4-6-8/h3-6,17H,1-2H3. The van der Waals surface area contributed by atoms with Gasteiger partial charge in [-0.2, -0.15) is 0 Å². The molecule has 0 bridgehead atoms. The summed E-state index contributed by atoms with van der Waals surface area (Å²) in [5, 5.41) is 0.470. The fourth-order valence-corrected chi connectivity index (χ4v) is 8.92. The lowest BCUT2D eigenvalue weighted by atomic mass is 10.3. The van der Waals surface area contributed by atoms with Crippen LogP contribution in [0.2, 0.25) is 5.02 Å². The van der Waals surface area contributed by atoms with Crippen LogP contribution in [-0.2, 0) is 10.0 Å². The molecule has 0 fully saturated rings. The molecular weight excluding hydrogens is 348 g/mol. The van der Waals surface area contributed by atoms with Crippen LogP contribution in [0.4, 0.5) is 5.69 Å². The minimum Gasteiger partial charge on any atom is -0.214 e. The van der Waals surface area contributed by atoms with Gasteiger partial charge in [-0.1, -0.05) is 11.6 Å². The zero-order valence-corrected chi connectivity index (χ0v) is 13.7. The van der Waals surface area contributed by atoms with E-state index in [1.54, 1.807) is 0 Å². The van der Waals surface area contributed by atoms with Crippen LogP contribution in [0, 0.1) is 0 Å². The first-order valence-corrected chi connectivity index (χ1v) is 11.9. The summed E-state index contributed by atoms with van der Waals surface area (Å²) in [6.45, 7) is -4.03. The Balaban J connectivity index is 3.43. The summed E-state index contributed by atoms with van der Waals surface area (Å²) < 4.78 is 24.3. The SMILES string of the molecule is CS(=O)(=O)N(c1ccc(Cl)cc1)[SH](C)(Cl)(Cl)Cl. The molecule has 100 valence electrons. The molecule has 0 unspecified atom stereocenters. The Morgan fingerprint density at radius 1 is 1.12 bits per heavy atom. The first-order valence-electron chi connectivity index (χ1n) is 4.31. The second kappa shape index (κ2) is 4.54.